The van der Waals surface area contributed by atoms with Crippen molar-refractivity contribution in [1.29, 1.82) is 0 Å². The van der Waals surface area contributed by atoms with E-state index in [1.165, 1.54) is 0 Å². The first kappa shape index (κ1) is 26.6. The molecule has 5 nitrogen and oxygen atoms in total. The van der Waals surface area contributed by atoms with Crippen LogP contribution in [-0.4, -0.2) is 18.8 Å². The number of methoxy groups -OCH3 is 1. The molecule has 0 fully saturated rings. The highest BCUT2D eigenvalue weighted by Crippen LogP contribution is 2.48. The number of Topliss-reactive ketones (excluding diaryl/α,β-unsaturated/α-hetero) is 1. The van der Waals surface area contributed by atoms with Gasteiger partial charge in [0.2, 0.25) is 0 Å². The number of hydrogen-bond acceptors (Lipinski definition) is 4. The first-order chi connectivity index (χ1) is 20.0. The van der Waals surface area contributed by atoms with Crippen LogP contribution in [0.2, 0.25) is 5.02 Å². The van der Waals surface area contributed by atoms with Crippen molar-refractivity contribution < 1.29 is 14.3 Å². The number of allylic oxidation sites excluding steroid dienone is 1. The summed E-state index contributed by atoms with van der Waals surface area (Å²) in [5.41, 5.74) is 5.51. The van der Waals surface area contributed by atoms with Gasteiger partial charge in [-0.15, -0.1) is 0 Å². The number of hydrogen-bond donors (Lipinski definition) is 1. The van der Waals surface area contributed by atoms with Gasteiger partial charge in [0.25, 0.3) is 5.91 Å². The highest BCUT2D eigenvalue weighted by molar-refractivity contribution is 6.31. The first-order valence-corrected chi connectivity index (χ1v) is 14.0. The highest BCUT2D eigenvalue weighted by Gasteiger charge is 2.41. The molecule has 2 atom stereocenters. The van der Waals surface area contributed by atoms with E-state index in [0.717, 1.165) is 22.4 Å². The fourth-order valence-electron chi connectivity index (χ4n) is 5.76. The van der Waals surface area contributed by atoms with Crippen LogP contribution in [-0.2, 0) is 9.59 Å². The Bertz CT molecular complexity index is 1660. The quantitative estimate of drug-likeness (QED) is 0.251. The molecule has 0 saturated carbocycles. The molecule has 6 heteroatoms. The number of rotatable bonds is 5. The molecule has 4 aromatic rings. The molecular weight excluding hydrogens is 532 g/mol. The summed E-state index contributed by atoms with van der Waals surface area (Å²) in [4.78, 5) is 30.1. The molecule has 0 bridgehead atoms. The van der Waals surface area contributed by atoms with Gasteiger partial charge in [-0.2, -0.15) is 0 Å². The smallest absolute Gasteiger partial charge is 0.251 e. The van der Waals surface area contributed by atoms with Crippen molar-refractivity contribution in [1.82, 2.24) is 0 Å². The molecule has 1 amide bonds. The fourth-order valence-corrected chi connectivity index (χ4v) is 5.93. The van der Waals surface area contributed by atoms with Crippen LogP contribution in [0.1, 0.15) is 41.5 Å². The maximum Gasteiger partial charge on any atom is 0.251 e. The van der Waals surface area contributed by atoms with Gasteiger partial charge in [0.15, 0.2) is 5.78 Å². The third-order valence-corrected chi connectivity index (χ3v) is 7.91. The topological polar surface area (TPSA) is 58.6 Å². The van der Waals surface area contributed by atoms with E-state index in [1.807, 2.05) is 84.9 Å². The lowest BCUT2D eigenvalue weighted by atomic mass is 9.78. The van der Waals surface area contributed by atoms with E-state index in [2.05, 4.69) is 17.4 Å². The number of ketones is 1. The fraction of sp³-hybridized carbons (Fsp3) is 0.143. The molecule has 0 aromatic heterocycles. The number of carbonyl (C=O) groups excluding carboxylic acids is 2. The zero-order valence-electron chi connectivity index (χ0n) is 22.6. The Hall–Kier alpha value is -4.61. The van der Waals surface area contributed by atoms with E-state index in [4.69, 9.17) is 16.3 Å². The van der Waals surface area contributed by atoms with Gasteiger partial charge in [-0.3, -0.25) is 14.5 Å². The second-order valence-electron chi connectivity index (χ2n) is 10.2. The van der Waals surface area contributed by atoms with Crippen LogP contribution < -0.4 is 15.0 Å². The van der Waals surface area contributed by atoms with E-state index < -0.39 is 6.04 Å². The molecule has 1 aliphatic carbocycles. The average Bonchev–Trinajstić information content (AvgIpc) is 3.15. The van der Waals surface area contributed by atoms with Crippen molar-refractivity contribution in [2.24, 2.45) is 0 Å². The number of benzene rings is 4. The van der Waals surface area contributed by atoms with Crippen LogP contribution in [0.25, 0.3) is 6.08 Å². The molecule has 204 valence electrons. The Labute approximate surface area is 244 Å². The maximum atomic E-state index is 14.2. The molecule has 6 rings (SSSR count). The Morgan fingerprint density at radius 2 is 1.63 bits per heavy atom. The number of anilines is 2. The summed E-state index contributed by atoms with van der Waals surface area (Å²) >= 11 is 6.46. The lowest BCUT2D eigenvalue weighted by molar-refractivity contribution is -0.116. The Morgan fingerprint density at radius 3 is 2.39 bits per heavy atom. The Kier molecular flexibility index (Phi) is 7.45. The maximum absolute atomic E-state index is 14.2. The number of nitrogens with zero attached hydrogens (tertiary/aromatic N) is 1. The third kappa shape index (κ3) is 5.41. The number of carbonyl (C=O) groups is 2. The standard InChI is InChI=1S/C35H29ClN2O3/c1-41-28-14-8-13-25(19-28)35-34-30(20-26(21-32(34)39)24-11-6-3-7-12-24)37-29-22-27(36)16-17-31(29)38(35)33(40)18-15-23-9-4-2-5-10-23/h2-19,22,26,35,37H,20-21H2,1H3/b18-15+/t26-,35-/m1/s1. The van der Waals surface area contributed by atoms with Crippen LogP contribution in [0.5, 0.6) is 5.75 Å². The largest absolute Gasteiger partial charge is 0.497 e. The van der Waals surface area contributed by atoms with Gasteiger partial charge in [-0.25, -0.2) is 0 Å². The molecule has 0 spiro atoms. The third-order valence-electron chi connectivity index (χ3n) is 7.68. The molecule has 41 heavy (non-hydrogen) atoms. The van der Waals surface area contributed by atoms with Gasteiger partial charge in [0.05, 0.1) is 24.5 Å². The summed E-state index contributed by atoms with van der Waals surface area (Å²) in [6.07, 6.45) is 4.33. The number of ether oxygens (including phenoxy) is 1. The van der Waals surface area contributed by atoms with Crippen molar-refractivity contribution in [3.05, 3.63) is 142 Å². The number of amides is 1. The predicted molar refractivity (Wildman–Crippen MR) is 164 cm³/mol. The van der Waals surface area contributed by atoms with Gasteiger partial charge in [-0.1, -0.05) is 84.4 Å². The Balaban J connectivity index is 1.54. The molecule has 4 aromatic carbocycles. The molecule has 1 N–H and O–H groups in total. The molecule has 0 radical (unpaired) electrons. The summed E-state index contributed by atoms with van der Waals surface area (Å²) < 4.78 is 5.55. The van der Waals surface area contributed by atoms with Gasteiger partial charge in [0.1, 0.15) is 5.75 Å². The normalized spacial score (nSPS) is 18.4. The number of halogens is 1. The minimum atomic E-state index is -0.674. The minimum Gasteiger partial charge on any atom is -0.497 e. The molecule has 1 aliphatic heterocycles. The first-order valence-electron chi connectivity index (χ1n) is 13.6. The number of nitrogens with one attached hydrogen (secondary N) is 1. The van der Waals surface area contributed by atoms with E-state index >= 15 is 0 Å². The van der Waals surface area contributed by atoms with Gasteiger partial charge >= 0.3 is 0 Å². The van der Waals surface area contributed by atoms with E-state index in [9.17, 15) is 9.59 Å². The molecule has 0 saturated heterocycles. The SMILES string of the molecule is COc1cccc([C@@H]2C3=C(C[C@@H](c4ccccc4)CC3=O)Nc3cc(Cl)ccc3N2C(=O)/C=C/c2ccccc2)c1. The molecule has 0 unspecified atom stereocenters. The monoisotopic (exact) mass is 560 g/mol. The second kappa shape index (κ2) is 11.5. The van der Waals surface area contributed by atoms with Crippen LogP contribution in [0, 0.1) is 0 Å². The summed E-state index contributed by atoms with van der Waals surface area (Å²) in [6.45, 7) is 0. The van der Waals surface area contributed by atoms with Crippen molar-refractivity contribution in [2.75, 3.05) is 17.3 Å². The average molecular weight is 561 g/mol. The Morgan fingerprint density at radius 1 is 0.902 bits per heavy atom. The van der Waals surface area contributed by atoms with Crippen molar-refractivity contribution >= 4 is 40.7 Å². The molecule has 2 aliphatic rings. The van der Waals surface area contributed by atoms with Crippen LogP contribution in [0.4, 0.5) is 11.4 Å². The van der Waals surface area contributed by atoms with Crippen LogP contribution in [0.3, 0.4) is 0 Å². The van der Waals surface area contributed by atoms with E-state index in [1.54, 1.807) is 30.2 Å². The molecule has 1 heterocycles. The van der Waals surface area contributed by atoms with Crippen LogP contribution in [0.15, 0.2) is 120 Å². The summed E-state index contributed by atoms with van der Waals surface area (Å²) in [5, 5.41) is 4.08. The van der Waals surface area contributed by atoms with Crippen LogP contribution >= 0.6 is 11.6 Å². The van der Waals surface area contributed by atoms with Crippen molar-refractivity contribution in [3.8, 4) is 5.75 Å². The highest BCUT2D eigenvalue weighted by atomic mass is 35.5. The zero-order valence-corrected chi connectivity index (χ0v) is 23.3. The zero-order chi connectivity index (χ0) is 28.3. The summed E-state index contributed by atoms with van der Waals surface area (Å²) in [7, 11) is 1.61. The van der Waals surface area contributed by atoms with Crippen molar-refractivity contribution in [3.63, 3.8) is 0 Å². The lowest BCUT2D eigenvalue weighted by Gasteiger charge is -2.34. The summed E-state index contributed by atoms with van der Waals surface area (Å²) in [6, 6.07) is 32.1. The second-order valence-corrected chi connectivity index (χ2v) is 10.7. The van der Waals surface area contributed by atoms with Gasteiger partial charge in [0, 0.05) is 28.8 Å². The predicted octanol–water partition coefficient (Wildman–Crippen LogP) is 7.96. The van der Waals surface area contributed by atoms with Gasteiger partial charge < -0.3 is 10.1 Å². The summed E-state index contributed by atoms with van der Waals surface area (Å²) in [5.74, 6) is 0.419. The van der Waals surface area contributed by atoms with Crippen molar-refractivity contribution in [2.45, 2.75) is 24.8 Å². The minimum absolute atomic E-state index is 0.00386. The number of fused-ring (bicyclic) bond motifs is 1. The van der Waals surface area contributed by atoms with Gasteiger partial charge in [-0.05, 0) is 65.4 Å². The van der Waals surface area contributed by atoms with E-state index in [-0.39, 0.29) is 17.6 Å². The lowest BCUT2D eigenvalue weighted by Crippen LogP contribution is -2.37. The molecular formula is C35H29ClN2O3. The van der Waals surface area contributed by atoms with E-state index in [0.29, 0.717) is 40.6 Å².